The van der Waals surface area contributed by atoms with E-state index in [-0.39, 0.29) is 33.9 Å². The molecule has 1 spiro atoms. The Kier molecular flexibility index (Phi) is 4.89. The third-order valence-electron chi connectivity index (χ3n) is 6.66. The Balaban J connectivity index is 1.30. The maximum Gasteiger partial charge on any atom is 0.434 e. The van der Waals surface area contributed by atoms with Gasteiger partial charge in [0.25, 0.3) is 0 Å². The number of fused-ring (bicyclic) bond motifs is 1. The monoisotopic (exact) mass is 462 g/mol. The van der Waals surface area contributed by atoms with E-state index in [4.69, 9.17) is 11.5 Å². The van der Waals surface area contributed by atoms with Crippen molar-refractivity contribution in [3.63, 3.8) is 0 Å². The van der Waals surface area contributed by atoms with Gasteiger partial charge in [0.15, 0.2) is 11.7 Å². The maximum absolute atomic E-state index is 14.6. The zero-order valence-electron chi connectivity index (χ0n) is 17.5. The van der Waals surface area contributed by atoms with Gasteiger partial charge in [0.2, 0.25) is 0 Å². The average molecular weight is 463 g/mol. The molecule has 9 nitrogen and oxygen atoms in total. The molecule has 2 fully saturated rings. The van der Waals surface area contributed by atoms with Crippen LogP contribution >= 0.6 is 11.8 Å². The molecule has 3 aliphatic heterocycles. The fourth-order valence-electron chi connectivity index (χ4n) is 4.76. The molecule has 0 bridgehead atoms. The van der Waals surface area contributed by atoms with Crippen LogP contribution in [0.2, 0.25) is 0 Å². The summed E-state index contributed by atoms with van der Waals surface area (Å²) < 4.78 is 29.1. The zero-order chi connectivity index (χ0) is 22.7. The minimum absolute atomic E-state index is 0.0823. The average Bonchev–Trinajstić information content (AvgIpc) is 3.15. The van der Waals surface area contributed by atoms with Crippen molar-refractivity contribution in [3.8, 4) is 0 Å². The fraction of sp³-hybridized carbons (Fsp3) is 0.500. The normalized spacial score (nSPS) is 25.9. The van der Waals surface area contributed by atoms with Crippen LogP contribution in [0.1, 0.15) is 25.7 Å². The van der Waals surface area contributed by atoms with Crippen molar-refractivity contribution >= 4 is 35.0 Å². The number of hydrazone groups is 1. The van der Waals surface area contributed by atoms with Gasteiger partial charge >= 0.3 is 6.17 Å². The van der Waals surface area contributed by atoms with E-state index in [0.717, 1.165) is 29.5 Å². The number of alkyl halides is 2. The lowest BCUT2D eigenvalue weighted by Gasteiger charge is -2.41. The van der Waals surface area contributed by atoms with Crippen molar-refractivity contribution in [2.24, 2.45) is 16.3 Å². The van der Waals surface area contributed by atoms with Crippen molar-refractivity contribution < 1.29 is 13.6 Å². The first-order valence-electron chi connectivity index (χ1n) is 10.4. The molecule has 32 heavy (non-hydrogen) atoms. The molecule has 1 saturated carbocycles. The SMILES string of the molecule is CN1N=C2C=CC=C(Sc3ncc(N4CCC5(CC4)CC(=O)C[C@@H]5N)nc3N)N2C1(F)F. The number of allylic oxidation sites excluding steroid dienone is 2. The highest BCUT2D eigenvalue weighted by atomic mass is 32.2. The number of carbonyl (C=O) groups excluding carboxylic acids is 1. The molecule has 0 amide bonds. The highest BCUT2D eigenvalue weighted by molar-refractivity contribution is 8.03. The van der Waals surface area contributed by atoms with E-state index in [2.05, 4.69) is 20.0 Å². The number of thioether (sulfide) groups is 1. The highest BCUT2D eigenvalue weighted by Gasteiger charge is 2.51. The number of hydrogen-bond acceptors (Lipinski definition) is 10. The molecule has 4 aliphatic rings. The molecule has 170 valence electrons. The molecule has 1 atom stereocenters. The number of ketones is 1. The zero-order valence-corrected chi connectivity index (χ0v) is 18.4. The first-order valence-corrected chi connectivity index (χ1v) is 11.2. The van der Waals surface area contributed by atoms with Crippen molar-refractivity contribution in [1.82, 2.24) is 19.9 Å². The van der Waals surface area contributed by atoms with Gasteiger partial charge in [-0.1, -0.05) is 6.08 Å². The third kappa shape index (κ3) is 3.32. The van der Waals surface area contributed by atoms with E-state index in [9.17, 15) is 13.6 Å². The van der Waals surface area contributed by atoms with E-state index in [0.29, 0.717) is 41.8 Å². The number of anilines is 2. The number of aromatic nitrogens is 2. The Morgan fingerprint density at radius 2 is 2.03 bits per heavy atom. The van der Waals surface area contributed by atoms with Crippen molar-refractivity contribution in [2.45, 2.75) is 42.9 Å². The summed E-state index contributed by atoms with van der Waals surface area (Å²) in [5, 5.41) is 5.10. The summed E-state index contributed by atoms with van der Waals surface area (Å²) >= 11 is 1.02. The van der Waals surface area contributed by atoms with Crippen molar-refractivity contribution in [2.75, 3.05) is 30.8 Å². The summed E-state index contributed by atoms with van der Waals surface area (Å²) in [6.07, 6.45) is 5.72. The number of nitrogen functional groups attached to an aromatic ring is 1. The van der Waals surface area contributed by atoms with E-state index < -0.39 is 6.17 Å². The number of halogens is 2. The van der Waals surface area contributed by atoms with Gasteiger partial charge in [0.1, 0.15) is 16.6 Å². The quantitative estimate of drug-likeness (QED) is 0.650. The number of nitrogens with two attached hydrogens (primary N) is 2. The molecule has 1 saturated heterocycles. The second-order valence-electron chi connectivity index (χ2n) is 8.59. The van der Waals surface area contributed by atoms with E-state index >= 15 is 0 Å². The number of nitrogens with zero attached hydrogens (tertiary/aromatic N) is 6. The molecule has 1 aromatic heterocycles. The van der Waals surface area contributed by atoms with Gasteiger partial charge in [-0.05, 0) is 42.2 Å². The van der Waals surface area contributed by atoms with Crippen LogP contribution < -0.4 is 16.4 Å². The number of hydrogen-bond donors (Lipinski definition) is 2. The van der Waals surface area contributed by atoms with Gasteiger partial charge in [-0.3, -0.25) is 4.79 Å². The molecule has 1 aromatic rings. The number of piperidine rings is 1. The molecule has 4 N–H and O–H groups in total. The topological polar surface area (TPSA) is 117 Å². The van der Waals surface area contributed by atoms with Crippen LogP contribution in [-0.2, 0) is 4.79 Å². The van der Waals surface area contributed by atoms with Gasteiger partial charge in [0, 0.05) is 39.0 Å². The summed E-state index contributed by atoms with van der Waals surface area (Å²) in [6, 6.07) is -0.0823. The summed E-state index contributed by atoms with van der Waals surface area (Å²) in [6.45, 7) is 1.42. The standard InChI is InChI=1S/C20H24F2N8OS/c1-28-20(21,22)30-14(27-28)3-2-4-16(30)32-18-17(24)26-15(11-25-18)29-7-5-19(6-8-29)10-12(31)9-13(19)23/h2-4,11,13H,5-10,23H2,1H3,(H2,24,26)/t13-/m0/s1. The van der Waals surface area contributed by atoms with E-state index in [1.165, 1.54) is 13.1 Å². The second-order valence-corrected chi connectivity index (χ2v) is 9.60. The number of amidine groups is 1. The van der Waals surface area contributed by atoms with E-state index in [1.54, 1.807) is 18.3 Å². The van der Waals surface area contributed by atoms with Gasteiger partial charge in [-0.2, -0.15) is 13.9 Å². The molecule has 5 rings (SSSR count). The van der Waals surface area contributed by atoms with Crippen LogP contribution in [0.25, 0.3) is 0 Å². The Morgan fingerprint density at radius 3 is 2.69 bits per heavy atom. The van der Waals surface area contributed by atoms with Gasteiger partial charge < -0.3 is 16.4 Å². The lowest BCUT2D eigenvalue weighted by molar-refractivity contribution is -0.187. The second kappa shape index (κ2) is 7.41. The minimum atomic E-state index is -3.28. The van der Waals surface area contributed by atoms with E-state index in [1.807, 2.05) is 0 Å². The number of rotatable bonds is 3. The Bertz CT molecular complexity index is 1050. The first-order chi connectivity index (χ1) is 15.2. The largest absolute Gasteiger partial charge is 0.434 e. The molecular weight excluding hydrogens is 438 g/mol. The van der Waals surface area contributed by atoms with Gasteiger partial charge in [-0.15, -0.1) is 0 Å². The number of Topliss-reactive ketones (excluding diaryl/α,β-unsaturated/α-hetero) is 1. The number of carbonyl (C=O) groups is 1. The predicted octanol–water partition coefficient (Wildman–Crippen LogP) is 1.95. The molecule has 12 heteroatoms. The predicted molar refractivity (Wildman–Crippen MR) is 118 cm³/mol. The fourth-order valence-corrected chi connectivity index (χ4v) is 5.66. The molecular formula is C20H24F2N8OS. The van der Waals surface area contributed by atoms with Gasteiger partial charge in [0.05, 0.1) is 11.2 Å². The molecule has 0 aromatic carbocycles. The van der Waals surface area contributed by atoms with Crippen LogP contribution in [0.15, 0.2) is 39.6 Å². The first kappa shape index (κ1) is 21.1. The van der Waals surface area contributed by atoms with Crippen molar-refractivity contribution in [3.05, 3.63) is 29.5 Å². The lowest BCUT2D eigenvalue weighted by atomic mass is 9.74. The van der Waals surface area contributed by atoms with Crippen molar-refractivity contribution in [1.29, 1.82) is 0 Å². The van der Waals surface area contributed by atoms with Crippen LogP contribution in [-0.4, -0.2) is 63.8 Å². The molecule has 4 heterocycles. The van der Waals surface area contributed by atoms with Crippen LogP contribution in [0.3, 0.4) is 0 Å². The smallest absolute Gasteiger partial charge is 0.381 e. The molecule has 0 radical (unpaired) electrons. The summed E-state index contributed by atoms with van der Waals surface area (Å²) in [5.41, 5.74) is 12.3. The summed E-state index contributed by atoms with van der Waals surface area (Å²) in [4.78, 5) is 23.7. The Labute approximate surface area is 188 Å². The van der Waals surface area contributed by atoms with Gasteiger partial charge in [-0.25, -0.2) is 19.9 Å². The Morgan fingerprint density at radius 1 is 1.28 bits per heavy atom. The lowest BCUT2D eigenvalue weighted by Crippen LogP contribution is -2.47. The maximum atomic E-state index is 14.6. The minimum Gasteiger partial charge on any atom is -0.381 e. The third-order valence-corrected chi connectivity index (χ3v) is 7.70. The van der Waals surface area contributed by atoms with Crippen LogP contribution in [0, 0.1) is 5.41 Å². The molecule has 0 unspecified atom stereocenters. The van der Waals surface area contributed by atoms with Crippen LogP contribution in [0.4, 0.5) is 20.4 Å². The Hall–Kier alpha value is -2.73. The summed E-state index contributed by atoms with van der Waals surface area (Å²) in [7, 11) is 1.22. The highest BCUT2D eigenvalue weighted by Crippen LogP contribution is 2.45. The van der Waals surface area contributed by atoms with Crippen LogP contribution in [0.5, 0.6) is 0 Å². The molecule has 1 aliphatic carbocycles. The summed E-state index contributed by atoms with van der Waals surface area (Å²) in [5.74, 6) is 1.19.